The smallest absolute Gasteiger partial charge is 0.357 e. The van der Waals surface area contributed by atoms with Crippen molar-refractivity contribution >= 4 is 29.4 Å². The maximum atomic E-state index is 13.4. The number of carbonyl (C=O) groups excluding carboxylic acids is 3. The number of amidine groups is 1. The molecule has 0 radical (unpaired) electrons. The largest absolute Gasteiger partial charge is 0.466 e. The normalized spacial score (nSPS) is 22.5. The number of carbonyl (C=O) groups is 3. The van der Waals surface area contributed by atoms with Gasteiger partial charge >= 0.3 is 11.9 Å². The summed E-state index contributed by atoms with van der Waals surface area (Å²) < 4.78 is 10.2. The number of anilines is 1. The number of hydrogen-bond donors (Lipinski definition) is 0. The third-order valence-electron chi connectivity index (χ3n) is 7.34. The third kappa shape index (κ3) is 3.43. The number of likely N-dealkylation sites (tertiary alicyclic amines) is 1. The zero-order chi connectivity index (χ0) is 25.4. The zero-order valence-electron chi connectivity index (χ0n) is 20.7. The average molecular weight is 488 g/mol. The number of ether oxygens (including phenoxy) is 2. The van der Waals surface area contributed by atoms with Gasteiger partial charge in [0.2, 0.25) is 5.91 Å². The summed E-state index contributed by atoms with van der Waals surface area (Å²) in [7, 11) is 2.56. The Hall–Kier alpha value is -3.94. The van der Waals surface area contributed by atoms with E-state index in [0.29, 0.717) is 31.8 Å². The molecule has 8 nitrogen and oxygen atoms in total. The van der Waals surface area contributed by atoms with Crippen LogP contribution in [0.4, 0.5) is 5.69 Å². The molecule has 36 heavy (non-hydrogen) atoms. The van der Waals surface area contributed by atoms with Gasteiger partial charge < -0.3 is 14.4 Å². The summed E-state index contributed by atoms with van der Waals surface area (Å²) >= 11 is 0. The van der Waals surface area contributed by atoms with Crippen LogP contribution in [0.5, 0.6) is 0 Å². The Morgan fingerprint density at radius 3 is 2.42 bits per heavy atom. The summed E-state index contributed by atoms with van der Waals surface area (Å²) in [4.78, 5) is 48.3. The van der Waals surface area contributed by atoms with E-state index in [4.69, 9.17) is 14.5 Å². The molecule has 2 aromatic rings. The Balaban J connectivity index is 1.81. The van der Waals surface area contributed by atoms with Crippen molar-refractivity contribution in [3.05, 3.63) is 77.0 Å². The minimum atomic E-state index is -0.796. The fraction of sp³-hybridized carbons (Fsp3) is 0.357. The standard InChI is InChI=1S/C28H29N3O5/c1-4-16-30-20-13-9-8-12-19(20)28-15-14-21(32)31(17-18-10-6-5-7-11-18)27(28)29-23(26(34)36-3)22(24(28)30)25(33)35-2/h5-13,24H,4,14-17H2,1-3H3/t24?,28-/m0/s1. The van der Waals surface area contributed by atoms with Gasteiger partial charge in [-0.3, -0.25) is 9.69 Å². The van der Waals surface area contributed by atoms with Crippen LogP contribution in [0.2, 0.25) is 0 Å². The van der Waals surface area contributed by atoms with Crippen LogP contribution in [0, 0.1) is 0 Å². The summed E-state index contributed by atoms with van der Waals surface area (Å²) in [5, 5.41) is 0. The predicted molar refractivity (Wildman–Crippen MR) is 134 cm³/mol. The molecule has 186 valence electrons. The molecule has 5 rings (SSSR count). The number of aliphatic imine (C=N–C) groups is 1. The highest BCUT2D eigenvalue weighted by Gasteiger charge is 2.63. The SMILES string of the molecule is CCCN1c2ccccc2[C@]23CCC(=O)N(Cc4ccccc4)C2=NC(C(=O)OC)=C(C(=O)OC)C13. The van der Waals surface area contributed by atoms with E-state index < -0.39 is 23.4 Å². The number of hydrogen-bond acceptors (Lipinski definition) is 7. The summed E-state index contributed by atoms with van der Waals surface area (Å²) in [6, 6.07) is 17.1. The molecular formula is C28H29N3O5. The second-order valence-electron chi connectivity index (χ2n) is 9.23. The van der Waals surface area contributed by atoms with E-state index in [1.165, 1.54) is 14.2 Å². The van der Waals surface area contributed by atoms with Crippen LogP contribution in [-0.4, -0.2) is 55.4 Å². The van der Waals surface area contributed by atoms with Crippen LogP contribution >= 0.6 is 0 Å². The topological polar surface area (TPSA) is 88.5 Å². The van der Waals surface area contributed by atoms with Gasteiger partial charge in [0.05, 0.1) is 37.8 Å². The Morgan fingerprint density at radius 1 is 1.03 bits per heavy atom. The number of amides is 1. The first-order valence-electron chi connectivity index (χ1n) is 12.2. The number of piperidine rings is 1. The second-order valence-corrected chi connectivity index (χ2v) is 9.23. The molecule has 3 heterocycles. The minimum Gasteiger partial charge on any atom is -0.466 e. The fourth-order valence-electron chi connectivity index (χ4n) is 5.93. The average Bonchev–Trinajstić information content (AvgIpc) is 3.19. The summed E-state index contributed by atoms with van der Waals surface area (Å²) in [6.07, 6.45) is 1.58. The molecule has 0 aromatic heterocycles. The summed E-state index contributed by atoms with van der Waals surface area (Å²) in [5.74, 6) is -0.949. The molecule has 0 saturated carbocycles. The van der Waals surface area contributed by atoms with Crippen molar-refractivity contribution in [2.75, 3.05) is 25.7 Å². The molecule has 0 bridgehead atoms. The highest BCUT2D eigenvalue weighted by Crippen LogP contribution is 2.56. The molecule has 1 fully saturated rings. The van der Waals surface area contributed by atoms with Gasteiger partial charge in [-0.15, -0.1) is 0 Å². The fourth-order valence-corrected chi connectivity index (χ4v) is 5.93. The molecular weight excluding hydrogens is 458 g/mol. The zero-order valence-corrected chi connectivity index (χ0v) is 20.7. The quantitative estimate of drug-likeness (QED) is 0.581. The molecule has 3 aliphatic rings. The predicted octanol–water partition coefficient (Wildman–Crippen LogP) is 3.36. The molecule has 8 heteroatoms. The monoisotopic (exact) mass is 487 g/mol. The summed E-state index contributed by atoms with van der Waals surface area (Å²) in [5.41, 5.74) is 2.18. The Morgan fingerprint density at radius 2 is 1.72 bits per heavy atom. The molecule has 1 amide bonds. The minimum absolute atomic E-state index is 0.0702. The van der Waals surface area contributed by atoms with Crippen LogP contribution < -0.4 is 4.90 Å². The van der Waals surface area contributed by atoms with E-state index in [2.05, 4.69) is 11.8 Å². The van der Waals surface area contributed by atoms with Crippen molar-refractivity contribution in [2.24, 2.45) is 4.99 Å². The van der Waals surface area contributed by atoms with Gasteiger partial charge in [-0.25, -0.2) is 14.6 Å². The number of nitrogens with zero attached hydrogens (tertiary/aromatic N) is 3. The molecule has 0 N–H and O–H groups in total. The van der Waals surface area contributed by atoms with Gasteiger partial charge in [0.25, 0.3) is 0 Å². The maximum Gasteiger partial charge on any atom is 0.357 e. The van der Waals surface area contributed by atoms with E-state index in [1.807, 2.05) is 54.6 Å². The van der Waals surface area contributed by atoms with E-state index in [9.17, 15) is 14.4 Å². The second kappa shape index (κ2) is 9.26. The lowest BCUT2D eigenvalue weighted by Crippen LogP contribution is -2.63. The number of rotatable bonds is 6. The third-order valence-corrected chi connectivity index (χ3v) is 7.34. The molecule has 0 aliphatic carbocycles. The molecule has 1 saturated heterocycles. The van der Waals surface area contributed by atoms with Gasteiger partial charge in [-0.2, -0.15) is 0 Å². The van der Waals surface area contributed by atoms with Crippen molar-refractivity contribution in [1.82, 2.24) is 4.90 Å². The number of methoxy groups -OCH3 is 2. The molecule has 2 atom stereocenters. The van der Waals surface area contributed by atoms with E-state index in [1.54, 1.807) is 4.90 Å². The van der Waals surface area contributed by atoms with Crippen LogP contribution in [0.1, 0.15) is 37.3 Å². The lowest BCUT2D eigenvalue weighted by atomic mass is 9.65. The molecule has 2 aromatic carbocycles. The van der Waals surface area contributed by atoms with Gasteiger partial charge in [0, 0.05) is 18.7 Å². The number of esters is 2. The van der Waals surface area contributed by atoms with E-state index >= 15 is 0 Å². The molecule has 3 aliphatic heterocycles. The molecule has 1 spiro atoms. The van der Waals surface area contributed by atoms with Gasteiger partial charge in [-0.1, -0.05) is 55.5 Å². The van der Waals surface area contributed by atoms with Crippen molar-refractivity contribution < 1.29 is 23.9 Å². The van der Waals surface area contributed by atoms with Gasteiger partial charge in [-0.05, 0) is 30.0 Å². The number of para-hydroxylation sites is 1. The maximum absolute atomic E-state index is 13.4. The molecule has 1 unspecified atom stereocenters. The van der Waals surface area contributed by atoms with Gasteiger partial charge in [0.1, 0.15) is 5.84 Å². The summed E-state index contributed by atoms with van der Waals surface area (Å²) in [6.45, 7) is 3.03. The van der Waals surface area contributed by atoms with Crippen LogP contribution in [0.25, 0.3) is 0 Å². The lowest BCUT2D eigenvalue weighted by molar-refractivity contribution is -0.140. The van der Waals surface area contributed by atoms with E-state index in [0.717, 1.165) is 23.2 Å². The van der Waals surface area contributed by atoms with Crippen molar-refractivity contribution in [1.29, 1.82) is 0 Å². The van der Waals surface area contributed by atoms with Crippen LogP contribution in [0.3, 0.4) is 0 Å². The van der Waals surface area contributed by atoms with Crippen LogP contribution in [0.15, 0.2) is 70.9 Å². The Labute approximate surface area is 210 Å². The Kier molecular flexibility index (Phi) is 6.12. The number of fused-ring (bicyclic) bond motifs is 1. The highest BCUT2D eigenvalue weighted by atomic mass is 16.5. The van der Waals surface area contributed by atoms with Crippen LogP contribution in [-0.2, 0) is 35.8 Å². The van der Waals surface area contributed by atoms with E-state index in [-0.39, 0.29) is 17.2 Å². The first-order chi connectivity index (χ1) is 17.5. The highest BCUT2D eigenvalue weighted by molar-refractivity contribution is 6.15. The van der Waals surface area contributed by atoms with Crippen molar-refractivity contribution in [3.8, 4) is 0 Å². The first-order valence-corrected chi connectivity index (χ1v) is 12.2. The van der Waals surface area contributed by atoms with Gasteiger partial charge in [0.15, 0.2) is 5.70 Å². The Bertz CT molecular complexity index is 1290. The van der Waals surface area contributed by atoms with Crippen molar-refractivity contribution in [3.63, 3.8) is 0 Å². The van der Waals surface area contributed by atoms with Crippen molar-refractivity contribution in [2.45, 2.75) is 44.2 Å². The lowest BCUT2D eigenvalue weighted by Gasteiger charge is -2.48. The number of benzene rings is 2. The first kappa shape index (κ1) is 23.8.